The van der Waals surface area contributed by atoms with E-state index in [1.165, 1.54) is 12.1 Å². The Morgan fingerprint density at radius 3 is 3.00 bits per heavy atom. The van der Waals surface area contributed by atoms with E-state index in [-0.39, 0.29) is 17.6 Å². The van der Waals surface area contributed by atoms with Crippen LogP contribution in [0.2, 0.25) is 0 Å². The molecule has 3 N–H and O–H groups in total. The highest BCUT2D eigenvalue weighted by atomic mass is 19.1. The van der Waals surface area contributed by atoms with Gasteiger partial charge in [0.25, 0.3) is 0 Å². The quantitative estimate of drug-likeness (QED) is 0.815. The summed E-state index contributed by atoms with van der Waals surface area (Å²) in [6.45, 7) is 2.14. The Balaban J connectivity index is 1.55. The number of fused-ring (bicyclic) bond motifs is 1. The molecule has 2 heterocycles. The molecule has 9 heteroatoms. The number of aryl methyl sites for hydroxylation is 1. The molecule has 142 valence electrons. The van der Waals surface area contributed by atoms with Gasteiger partial charge in [0, 0.05) is 6.54 Å². The van der Waals surface area contributed by atoms with Gasteiger partial charge in [0.1, 0.15) is 17.2 Å². The molecule has 2 atom stereocenters. The minimum Gasteiger partial charge on any atom is -0.386 e. The summed E-state index contributed by atoms with van der Waals surface area (Å²) in [4.78, 5) is 21.5. The van der Waals surface area contributed by atoms with E-state index in [1.54, 1.807) is 25.1 Å². The molecule has 1 amide bonds. The number of rotatable bonds is 5. The predicted molar refractivity (Wildman–Crippen MR) is 99.6 cm³/mol. The van der Waals surface area contributed by atoms with E-state index in [2.05, 4.69) is 25.7 Å². The number of benzene rings is 1. The van der Waals surface area contributed by atoms with Crippen LogP contribution in [0.3, 0.4) is 0 Å². The van der Waals surface area contributed by atoms with Crippen LogP contribution in [0.1, 0.15) is 17.1 Å². The predicted octanol–water partition coefficient (Wildman–Crippen LogP) is 1.63. The Morgan fingerprint density at radius 1 is 1.36 bits per heavy atom. The van der Waals surface area contributed by atoms with Crippen LogP contribution in [0.4, 0.5) is 10.2 Å². The Labute approximate surface area is 160 Å². The molecule has 1 aromatic heterocycles. The summed E-state index contributed by atoms with van der Waals surface area (Å²) in [5.41, 5.74) is 7.58. The maximum absolute atomic E-state index is 13.3. The number of nitrogens with two attached hydrogens (primary N) is 1. The summed E-state index contributed by atoms with van der Waals surface area (Å²) in [5, 5.41) is 15.4. The number of halogens is 1. The summed E-state index contributed by atoms with van der Waals surface area (Å²) in [6, 6.07) is 6.29. The molecular weight excluding hydrogens is 363 g/mol. The van der Waals surface area contributed by atoms with Crippen molar-refractivity contribution in [2.24, 2.45) is 16.8 Å². The summed E-state index contributed by atoms with van der Waals surface area (Å²) in [7, 11) is 0. The molecule has 1 aliphatic carbocycles. The van der Waals surface area contributed by atoms with E-state index in [1.807, 2.05) is 12.1 Å². The summed E-state index contributed by atoms with van der Waals surface area (Å²) in [6.07, 6.45) is 4.61. The SMILES string of the molecule is Cc1nnc(C2=NOC3C(C(N)=O)=CC=CC23)nc1NCc1cccc(F)c1. The van der Waals surface area contributed by atoms with Gasteiger partial charge in [-0.1, -0.05) is 29.4 Å². The van der Waals surface area contributed by atoms with E-state index in [0.29, 0.717) is 29.3 Å². The fraction of sp³-hybridized carbons (Fsp3) is 0.211. The number of amides is 1. The lowest BCUT2D eigenvalue weighted by Crippen LogP contribution is -2.33. The Bertz CT molecular complexity index is 1030. The lowest BCUT2D eigenvalue weighted by atomic mass is 9.87. The lowest BCUT2D eigenvalue weighted by Gasteiger charge is -2.19. The average Bonchev–Trinajstić information content (AvgIpc) is 3.11. The van der Waals surface area contributed by atoms with Crippen LogP contribution >= 0.6 is 0 Å². The molecule has 2 aliphatic rings. The first-order valence-electron chi connectivity index (χ1n) is 8.65. The second-order valence-electron chi connectivity index (χ2n) is 6.45. The zero-order valence-corrected chi connectivity index (χ0v) is 15.0. The molecule has 0 saturated carbocycles. The zero-order valence-electron chi connectivity index (χ0n) is 15.0. The number of nitrogens with zero attached hydrogens (tertiary/aromatic N) is 4. The van der Waals surface area contributed by atoms with Crippen molar-refractivity contribution in [1.29, 1.82) is 0 Å². The van der Waals surface area contributed by atoms with Gasteiger partial charge in [0.05, 0.1) is 11.5 Å². The van der Waals surface area contributed by atoms with Gasteiger partial charge in [-0.05, 0) is 30.7 Å². The number of primary amides is 1. The van der Waals surface area contributed by atoms with Gasteiger partial charge >= 0.3 is 0 Å². The number of hydrogen-bond acceptors (Lipinski definition) is 7. The fourth-order valence-corrected chi connectivity index (χ4v) is 3.10. The second-order valence-corrected chi connectivity index (χ2v) is 6.45. The first-order chi connectivity index (χ1) is 13.5. The maximum atomic E-state index is 13.3. The van der Waals surface area contributed by atoms with Gasteiger partial charge in [-0.15, -0.1) is 10.2 Å². The fourth-order valence-electron chi connectivity index (χ4n) is 3.10. The molecule has 0 bridgehead atoms. The number of hydrogen-bond donors (Lipinski definition) is 2. The highest BCUT2D eigenvalue weighted by Crippen LogP contribution is 2.31. The third kappa shape index (κ3) is 3.34. The van der Waals surface area contributed by atoms with Crippen molar-refractivity contribution in [2.75, 3.05) is 5.32 Å². The Morgan fingerprint density at radius 2 is 2.21 bits per heavy atom. The van der Waals surface area contributed by atoms with Gasteiger partial charge in [-0.25, -0.2) is 9.37 Å². The number of anilines is 1. The lowest BCUT2D eigenvalue weighted by molar-refractivity contribution is -0.116. The summed E-state index contributed by atoms with van der Waals surface area (Å²) >= 11 is 0. The van der Waals surface area contributed by atoms with Crippen LogP contribution in [0.15, 0.2) is 53.2 Å². The van der Waals surface area contributed by atoms with Crippen molar-refractivity contribution < 1.29 is 14.0 Å². The normalized spacial score (nSPS) is 20.1. The molecule has 28 heavy (non-hydrogen) atoms. The van der Waals surface area contributed by atoms with Crippen LogP contribution < -0.4 is 11.1 Å². The van der Waals surface area contributed by atoms with Crippen molar-refractivity contribution in [2.45, 2.75) is 19.6 Å². The van der Waals surface area contributed by atoms with Crippen LogP contribution in [0, 0.1) is 18.7 Å². The molecule has 0 radical (unpaired) electrons. The Hall–Kier alpha value is -3.62. The molecular formula is C19H17FN6O2. The van der Waals surface area contributed by atoms with Crippen LogP contribution in [0.25, 0.3) is 0 Å². The van der Waals surface area contributed by atoms with Crippen LogP contribution in [0.5, 0.6) is 0 Å². The average molecular weight is 380 g/mol. The molecule has 8 nitrogen and oxygen atoms in total. The zero-order chi connectivity index (χ0) is 19.7. The highest BCUT2D eigenvalue weighted by molar-refractivity contribution is 6.04. The van der Waals surface area contributed by atoms with Crippen LogP contribution in [-0.4, -0.2) is 32.9 Å². The second kappa shape index (κ2) is 7.18. The first-order valence-corrected chi connectivity index (χ1v) is 8.65. The summed E-state index contributed by atoms with van der Waals surface area (Å²) < 4.78 is 13.3. The van der Waals surface area contributed by atoms with E-state index in [0.717, 1.165) is 5.56 Å². The minimum atomic E-state index is -0.592. The number of carbonyl (C=O) groups excluding carboxylic acids is 1. The molecule has 0 saturated heterocycles. The molecule has 1 aromatic carbocycles. The number of carbonyl (C=O) groups is 1. The molecule has 4 rings (SSSR count). The first kappa shape index (κ1) is 17.8. The maximum Gasteiger partial charge on any atom is 0.248 e. The van der Waals surface area contributed by atoms with Gasteiger partial charge in [0.2, 0.25) is 11.7 Å². The van der Waals surface area contributed by atoms with Crippen molar-refractivity contribution >= 4 is 17.4 Å². The van der Waals surface area contributed by atoms with Crippen LogP contribution in [-0.2, 0) is 16.2 Å². The van der Waals surface area contributed by atoms with E-state index in [9.17, 15) is 9.18 Å². The van der Waals surface area contributed by atoms with Gasteiger partial charge in [0.15, 0.2) is 11.9 Å². The van der Waals surface area contributed by atoms with E-state index >= 15 is 0 Å². The van der Waals surface area contributed by atoms with Crippen molar-refractivity contribution in [1.82, 2.24) is 15.2 Å². The monoisotopic (exact) mass is 380 g/mol. The summed E-state index contributed by atoms with van der Waals surface area (Å²) in [5.74, 6) is -0.395. The van der Waals surface area contributed by atoms with E-state index < -0.39 is 12.0 Å². The molecule has 2 unspecified atom stereocenters. The number of oxime groups is 1. The number of allylic oxidation sites excluding steroid dienone is 2. The Kier molecular flexibility index (Phi) is 4.56. The number of nitrogens with one attached hydrogen (secondary N) is 1. The van der Waals surface area contributed by atoms with Crippen molar-refractivity contribution in [3.63, 3.8) is 0 Å². The molecule has 0 fully saturated rings. The topological polar surface area (TPSA) is 115 Å². The largest absolute Gasteiger partial charge is 0.386 e. The third-order valence-corrected chi connectivity index (χ3v) is 4.53. The molecule has 0 spiro atoms. The molecule has 1 aliphatic heterocycles. The van der Waals surface area contributed by atoms with Gasteiger partial charge in [-0.2, -0.15) is 0 Å². The minimum absolute atomic E-state index is 0.287. The van der Waals surface area contributed by atoms with Crippen molar-refractivity contribution in [3.8, 4) is 0 Å². The highest BCUT2D eigenvalue weighted by Gasteiger charge is 2.40. The van der Waals surface area contributed by atoms with E-state index in [4.69, 9.17) is 10.6 Å². The number of aromatic nitrogens is 3. The van der Waals surface area contributed by atoms with Gasteiger partial charge < -0.3 is 15.9 Å². The molecule has 2 aromatic rings. The van der Waals surface area contributed by atoms with Crippen molar-refractivity contribution in [3.05, 3.63) is 71.0 Å². The smallest absolute Gasteiger partial charge is 0.248 e. The third-order valence-electron chi connectivity index (χ3n) is 4.53. The van der Waals surface area contributed by atoms with Gasteiger partial charge in [-0.3, -0.25) is 4.79 Å². The standard InChI is InChI=1S/C19H17FN6O2/c1-10-18(22-9-11-4-2-5-12(20)8-11)23-19(25-24-10)15-13-6-3-7-14(17(21)27)16(13)28-26-15/h2-8,13,16H,9H2,1H3,(H2,21,27)(H,22,23,25).